The Morgan fingerprint density at radius 2 is 1.24 bits per heavy atom. The van der Waals surface area contributed by atoms with Gasteiger partial charge in [-0.05, 0) is 62.2 Å². The molecule has 6 aromatic rings. The van der Waals surface area contributed by atoms with E-state index < -0.39 is 5.41 Å². The van der Waals surface area contributed by atoms with Crippen LogP contribution in [0.4, 0.5) is 0 Å². The summed E-state index contributed by atoms with van der Waals surface area (Å²) in [5, 5.41) is 0.532. The van der Waals surface area contributed by atoms with E-state index in [0.717, 1.165) is 54.3 Å². The van der Waals surface area contributed by atoms with Crippen molar-refractivity contribution in [1.82, 2.24) is 0 Å². The predicted molar refractivity (Wildman–Crippen MR) is 156 cm³/mol. The summed E-state index contributed by atoms with van der Waals surface area (Å²) in [6, 6.07) is 34.3. The summed E-state index contributed by atoms with van der Waals surface area (Å²) in [7, 11) is 0. The Morgan fingerprint density at radius 1 is 0.595 bits per heavy atom. The van der Waals surface area contributed by atoms with E-state index >= 15 is 0 Å². The van der Waals surface area contributed by atoms with Gasteiger partial charge in [-0.25, -0.2) is 0 Å². The van der Waals surface area contributed by atoms with Crippen LogP contribution >= 0.6 is 22.9 Å². The van der Waals surface area contributed by atoms with Gasteiger partial charge in [0.15, 0.2) is 0 Å². The third-order valence-electron chi connectivity index (χ3n) is 7.67. The van der Waals surface area contributed by atoms with E-state index in [2.05, 4.69) is 54.6 Å². The topological polar surface area (TPSA) is 0 Å². The minimum Gasteiger partial charge on any atom is -0.134 e. The van der Waals surface area contributed by atoms with Gasteiger partial charge in [0.1, 0.15) is 0 Å². The van der Waals surface area contributed by atoms with E-state index in [4.69, 9.17) is 15.7 Å². The molecule has 1 aromatic heterocycles. The summed E-state index contributed by atoms with van der Waals surface area (Å²) < 4.78 is 35.7. The molecule has 0 saturated carbocycles. The third kappa shape index (κ3) is 2.73. The second-order valence-electron chi connectivity index (χ2n) is 9.48. The van der Waals surface area contributed by atoms with Crippen molar-refractivity contribution in [3.05, 3.63) is 155 Å². The lowest BCUT2D eigenvalue weighted by atomic mass is 9.70. The first kappa shape index (κ1) is 17.5. The molecule has 2 heteroatoms. The first-order chi connectivity index (χ1) is 19.9. The quantitative estimate of drug-likeness (QED) is 0.216. The van der Waals surface area contributed by atoms with Crippen molar-refractivity contribution in [2.75, 3.05) is 0 Å². The van der Waals surface area contributed by atoms with E-state index in [-0.39, 0.29) is 24.2 Å². The van der Waals surface area contributed by atoms with Gasteiger partial charge >= 0.3 is 0 Å². The van der Waals surface area contributed by atoms with E-state index in [9.17, 15) is 1.37 Å². The van der Waals surface area contributed by atoms with Crippen molar-refractivity contribution in [3.8, 4) is 43.1 Å². The van der Waals surface area contributed by atoms with Crippen LogP contribution in [0.3, 0.4) is 0 Å². The van der Waals surface area contributed by atoms with Crippen molar-refractivity contribution in [2.24, 2.45) is 0 Å². The zero-order valence-corrected chi connectivity index (χ0v) is 21.2. The first-order valence-corrected chi connectivity index (χ1v) is 13.4. The number of benzene rings is 5. The molecule has 0 N–H and O–H groups in total. The molecule has 1 unspecified atom stereocenters. The fourth-order valence-corrected chi connectivity index (χ4v) is 7.87. The normalized spacial score (nSPS) is 17.9. The molecule has 1 heterocycles. The molecule has 1 atom stereocenters. The Kier molecular flexibility index (Phi) is 3.69. The minimum absolute atomic E-state index is 0.0116. The summed E-state index contributed by atoms with van der Waals surface area (Å²) in [4.78, 5) is 2.24. The van der Waals surface area contributed by atoms with Crippen molar-refractivity contribution < 1.29 is 5.48 Å². The lowest BCUT2D eigenvalue weighted by Crippen LogP contribution is -2.26. The second-order valence-corrected chi connectivity index (χ2v) is 10.9. The van der Waals surface area contributed by atoms with Gasteiger partial charge in [-0.15, -0.1) is 11.3 Å². The summed E-state index contributed by atoms with van der Waals surface area (Å²) >= 11 is 8.31. The van der Waals surface area contributed by atoms with Gasteiger partial charge in [-0.3, -0.25) is 0 Å². The van der Waals surface area contributed by atoms with E-state index in [0.29, 0.717) is 16.1 Å². The number of thiophene rings is 1. The highest BCUT2D eigenvalue weighted by molar-refractivity contribution is 7.19. The zero-order chi connectivity index (χ0) is 28.0. The molecule has 0 radical (unpaired) electrons. The molecule has 5 aromatic carbocycles. The third-order valence-corrected chi connectivity index (χ3v) is 9.20. The Balaban J connectivity index is 1.64. The van der Waals surface area contributed by atoms with Gasteiger partial charge in [-0.1, -0.05) is 127 Å². The maximum atomic E-state index is 9.34. The summed E-state index contributed by atoms with van der Waals surface area (Å²) in [6.07, 6.45) is 0. The molecule has 1 spiro atoms. The number of fused-ring (bicyclic) bond motifs is 10. The average Bonchev–Trinajstić information content (AvgIpc) is 3.64. The molecule has 0 fully saturated rings. The summed E-state index contributed by atoms with van der Waals surface area (Å²) in [5.74, 6) is 0. The van der Waals surface area contributed by atoms with Crippen LogP contribution in [0.1, 0.15) is 27.7 Å². The molecule has 0 nitrogen and oxygen atoms in total. The molecular weight excluding hydrogens is 488 g/mol. The number of hydrogen-bond donors (Lipinski definition) is 0. The molecule has 2 aliphatic carbocycles. The highest BCUT2D eigenvalue weighted by Gasteiger charge is 2.54. The molecule has 0 amide bonds. The van der Waals surface area contributed by atoms with Gasteiger partial charge in [0.05, 0.1) is 10.9 Å². The highest BCUT2D eigenvalue weighted by atomic mass is 35.5. The van der Waals surface area contributed by atoms with Crippen LogP contribution in [0.2, 0.25) is 5.02 Å². The highest BCUT2D eigenvalue weighted by Crippen LogP contribution is 2.68. The van der Waals surface area contributed by atoms with Crippen molar-refractivity contribution >= 4 is 22.9 Å². The van der Waals surface area contributed by atoms with Crippen LogP contribution in [0.15, 0.2) is 127 Å². The molecule has 0 saturated heterocycles. The Morgan fingerprint density at radius 3 is 2.03 bits per heavy atom. The van der Waals surface area contributed by atoms with Gasteiger partial charge in [0.25, 0.3) is 0 Å². The van der Waals surface area contributed by atoms with Crippen LogP contribution in [0.25, 0.3) is 43.1 Å². The smallest absolute Gasteiger partial charge is 0.0740 e. The molecule has 8 rings (SSSR count). The first-order valence-electron chi connectivity index (χ1n) is 14.2. The summed E-state index contributed by atoms with van der Waals surface area (Å²) in [6.45, 7) is 0. The molecule has 0 aliphatic heterocycles. The lowest BCUT2D eigenvalue weighted by molar-refractivity contribution is 0.798. The minimum atomic E-state index is -0.938. The number of hydrogen-bond acceptors (Lipinski definition) is 1. The van der Waals surface area contributed by atoms with Crippen LogP contribution < -0.4 is 0 Å². The van der Waals surface area contributed by atoms with Gasteiger partial charge in [-0.2, -0.15) is 0 Å². The Hall–Kier alpha value is -3.91. The average molecular weight is 513 g/mol. The lowest BCUT2D eigenvalue weighted by Gasteiger charge is -2.31. The monoisotopic (exact) mass is 512 g/mol. The van der Waals surface area contributed by atoms with Gasteiger partial charge in [0.2, 0.25) is 0 Å². The summed E-state index contributed by atoms with van der Waals surface area (Å²) in [5.41, 5.74) is 8.38. The second kappa shape index (κ2) is 7.79. The van der Waals surface area contributed by atoms with E-state index in [1.165, 1.54) is 0 Å². The van der Waals surface area contributed by atoms with Crippen LogP contribution in [-0.2, 0) is 5.41 Å². The van der Waals surface area contributed by atoms with E-state index in [1.54, 1.807) is 11.3 Å². The zero-order valence-electron chi connectivity index (χ0n) is 23.6. The van der Waals surface area contributed by atoms with Crippen molar-refractivity contribution in [3.63, 3.8) is 0 Å². The fraction of sp³-hybridized carbons (Fsp3) is 0.0286. The van der Waals surface area contributed by atoms with Crippen LogP contribution in [0, 0.1) is 0 Å². The predicted octanol–water partition coefficient (Wildman–Crippen LogP) is 10.1. The standard InChI is InChI=1S/C35H21ClS/c36-24-19-20-30-27(21-24)25-15-7-9-17-28(25)35(30)29-18-10-8-16-26(29)31-32(35)34(23-13-5-2-6-14-23)37-33(31)22-11-3-1-4-12-22/h1-21H/i7D,9D,15D,17D. The number of halogens is 1. The van der Waals surface area contributed by atoms with Crippen LogP contribution in [-0.4, -0.2) is 0 Å². The van der Waals surface area contributed by atoms with Gasteiger partial charge < -0.3 is 0 Å². The largest absolute Gasteiger partial charge is 0.134 e. The molecule has 37 heavy (non-hydrogen) atoms. The van der Waals surface area contributed by atoms with E-state index in [1.807, 2.05) is 48.5 Å². The maximum Gasteiger partial charge on any atom is 0.0740 e. The number of rotatable bonds is 2. The van der Waals surface area contributed by atoms with Crippen LogP contribution in [0.5, 0.6) is 0 Å². The molecule has 174 valence electrons. The fourth-order valence-electron chi connectivity index (χ4n) is 6.31. The maximum absolute atomic E-state index is 9.34. The molecule has 0 bridgehead atoms. The molecular formula is C35H21ClS. The van der Waals surface area contributed by atoms with Crippen molar-refractivity contribution in [2.45, 2.75) is 5.41 Å². The molecule has 2 aliphatic rings. The van der Waals surface area contributed by atoms with Gasteiger partial charge in [0, 0.05) is 20.3 Å². The Labute approximate surface area is 231 Å². The SMILES string of the molecule is [2H]c1c([2H])c([2H])c2c(c1[2H])-c1cc(Cl)ccc1C21c2ccccc2-c2c(-c3ccccc3)sc(-c3ccccc3)c21. The Bertz CT molecular complexity index is 2050. The van der Waals surface area contributed by atoms with Crippen molar-refractivity contribution in [1.29, 1.82) is 0 Å².